The van der Waals surface area contributed by atoms with Gasteiger partial charge in [0, 0.05) is 20.0 Å². The molecule has 0 aliphatic carbocycles. The molecule has 1 aromatic heterocycles. The molecule has 0 fully saturated rings. The van der Waals surface area contributed by atoms with E-state index in [1.807, 2.05) is 25.2 Å². The fourth-order valence-corrected chi connectivity index (χ4v) is 2.56. The van der Waals surface area contributed by atoms with E-state index in [1.54, 1.807) is 0 Å². The second-order valence-electron chi connectivity index (χ2n) is 5.25. The number of nitrogens with zero attached hydrogens (tertiary/aromatic N) is 3. The fourth-order valence-electron chi connectivity index (χ4n) is 2.56. The molecule has 0 saturated carbocycles. The third-order valence-electron chi connectivity index (χ3n) is 3.97. The molecule has 0 aliphatic rings. The number of imidazole rings is 1. The van der Waals surface area contributed by atoms with Gasteiger partial charge in [-0.3, -0.25) is 0 Å². The lowest BCUT2D eigenvalue weighted by atomic mass is 10.1. The van der Waals surface area contributed by atoms with Crippen LogP contribution in [0.4, 0.5) is 0 Å². The molecule has 0 amide bonds. The Morgan fingerprint density at radius 3 is 2.60 bits per heavy atom. The number of hydrogen-bond donors (Lipinski definition) is 1. The number of fused-ring (bicyclic) bond motifs is 1. The van der Waals surface area contributed by atoms with Gasteiger partial charge in [-0.15, -0.1) is 0 Å². The third kappa shape index (κ3) is 3.38. The van der Waals surface area contributed by atoms with Crippen LogP contribution in [0.25, 0.3) is 11.0 Å². The first-order valence-corrected chi connectivity index (χ1v) is 7.46. The Balaban J connectivity index is 1.99. The van der Waals surface area contributed by atoms with Crippen LogP contribution in [0, 0.1) is 0 Å². The van der Waals surface area contributed by atoms with E-state index in [0.29, 0.717) is 6.42 Å². The second-order valence-corrected chi connectivity index (χ2v) is 5.25. The molecule has 0 spiro atoms. The average Bonchev–Trinajstić information content (AvgIpc) is 2.77. The average molecular weight is 275 g/mol. The molecule has 1 heterocycles. The van der Waals surface area contributed by atoms with Crippen molar-refractivity contribution in [2.75, 3.05) is 19.6 Å². The summed E-state index contributed by atoms with van der Waals surface area (Å²) in [7, 11) is 2.02. The first-order chi connectivity index (χ1) is 9.65. The first kappa shape index (κ1) is 15.0. The lowest BCUT2D eigenvalue weighted by Crippen LogP contribution is -2.28. The largest absolute Gasteiger partial charge is 0.393 e. The Bertz CT molecular complexity index is 546. The van der Waals surface area contributed by atoms with Gasteiger partial charge in [0.1, 0.15) is 5.82 Å². The predicted molar refractivity (Wildman–Crippen MR) is 82.8 cm³/mol. The molecule has 2 aromatic rings. The van der Waals surface area contributed by atoms with Gasteiger partial charge in [-0.25, -0.2) is 4.98 Å². The number of aromatic nitrogens is 2. The van der Waals surface area contributed by atoms with Crippen molar-refractivity contribution in [2.24, 2.45) is 7.05 Å². The molecular formula is C16H25N3O. The van der Waals surface area contributed by atoms with E-state index >= 15 is 0 Å². The van der Waals surface area contributed by atoms with Crippen LogP contribution in [-0.2, 0) is 13.5 Å². The molecular weight excluding hydrogens is 250 g/mol. The molecule has 0 saturated heterocycles. The summed E-state index contributed by atoms with van der Waals surface area (Å²) in [6.45, 7) is 7.33. The minimum Gasteiger partial charge on any atom is -0.393 e. The molecule has 20 heavy (non-hydrogen) atoms. The minimum atomic E-state index is -0.328. The summed E-state index contributed by atoms with van der Waals surface area (Å²) in [6.07, 6.45) is 1.09. The van der Waals surface area contributed by atoms with Crippen molar-refractivity contribution in [3.05, 3.63) is 30.1 Å². The first-order valence-electron chi connectivity index (χ1n) is 7.46. The summed E-state index contributed by atoms with van der Waals surface area (Å²) in [5, 5.41) is 10.2. The van der Waals surface area contributed by atoms with Gasteiger partial charge in [0.2, 0.25) is 0 Å². The Labute approximate surface area is 121 Å². The summed E-state index contributed by atoms with van der Waals surface area (Å²) in [4.78, 5) is 6.94. The molecule has 4 nitrogen and oxygen atoms in total. The van der Waals surface area contributed by atoms with Crippen molar-refractivity contribution in [1.82, 2.24) is 14.5 Å². The van der Waals surface area contributed by atoms with E-state index in [2.05, 4.69) is 34.4 Å². The fraction of sp³-hybridized carbons (Fsp3) is 0.562. The molecule has 0 radical (unpaired) electrons. The maximum atomic E-state index is 10.2. The van der Waals surface area contributed by atoms with Gasteiger partial charge >= 0.3 is 0 Å². The lowest BCUT2D eigenvalue weighted by Gasteiger charge is -2.19. The zero-order valence-electron chi connectivity index (χ0n) is 12.7. The summed E-state index contributed by atoms with van der Waals surface area (Å²) >= 11 is 0. The van der Waals surface area contributed by atoms with E-state index < -0.39 is 0 Å². The summed E-state index contributed by atoms with van der Waals surface area (Å²) < 4.78 is 2.08. The summed E-state index contributed by atoms with van der Waals surface area (Å²) in [5.41, 5.74) is 2.12. The highest BCUT2D eigenvalue weighted by molar-refractivity contribution is 5.75. The molecule has 0 aliphatic heterocycles. The van der Waals surface area contributed by atoms with Crippen LogP contribution in [0.2, 0.25) is 0 Å². The topological polar surface area (TPSA) is 41.3 Å². The minimum absolute atomic E-state index is 0.328. The number of benzene rings is 1. The Morgan fingerprint density at radius 2 is 1.95 bits per heavy atom. The molecule has 4 heteroatoms. The molecule has 1 N–H and O–H groups in total. The number of hydrogen-bond acceptors (Lipinski definition) is 3. The van der Waals surface area contributed by atoms with Crippen molar-refractivity contribution >= 4 is 11.0 Å². The van der Waals surface area contributed by atoms with Gasteiger partial charge in [-0.2, -0.15) is 0 Å². The van der Waals surface area contributed by atoms with Crippen molar-refractivity contribution in [3.63, 3.8) is 0 Å². The van der Waals surface area contributed by atoms with E-state index in [9.17, 15) is 5.11 Å². The number of rotatable bonds is 7. The van der Waals surface area contributed by atoms with Gasteiger partial charge in [-0.05, 0) is 31.6 Å². The second kappa shape index (κ2) is 6.86. The van der Waals surface area contributed by atoms with Gasteiger partial charge in [0.15, 0.2) is 0 Å². The SMILES string of the molecule is CCN(CC)CCC(O)Cc1nc2ccccc2n1C. The predicted octanol–water partition coefficient (Wildman–Crippen LogP) is 2.21. The van der Waals surface area contributed by atoms with Crippen molar-refractivity contribution in [2.45, 2.75) is 32.8 Å². The third-order valence-corrected chi connectivity index (χ3v) is 3.97. The van der Waals surface area contributed by atoms with Crippen LogP contribution in [0.1, 0.15) is 26.1 Å². The lowest BCUT2D eigenvalue weighted by molar-refractivity contribution is 0.141. The van der Waals surface area contributed by atoms with Gasteiger partial charge in [-0.1, -0.05) is 26.0 Å². The molecule has 0 bridgehead atoms. The molecule has 2 rings (SSSR count). The van der Waals surface area contributed by atoms with E-state index in [4.69, 9.17) is 0 Å². The molecule has 1 unspecified atom stereocenters. The van der Waals surface area contributed by atoms with Crippen LogP contribution in [0.15, 0.2) is 24.3 Å². The van der Waals surface area contributed by atoms with Crippen molar-refractivity contribution < 1.29 is 5.11 Å². The quantitative estimate of drug-likeness (QED) is 0.842. The highest BCUT2D eigenvalue weighted by Gasteiger charge is 2.13. The van der Waals surface area contributed by atoms with E-state index in [-0.39, 0.29) is 6.10 Å². The number of para-hydroxylation sites is 2. The highest BCUT2D eigenvalue weighted by atomic mass is 16.3. The number of aryl methyl sites for hydroxylation is 1. The van der Waals surface area contributed by atoms with Crippen LogP contribution >= 0.6 is 0 Å². The summed E-state index contributed by atoms with van der Waals surface area (Å²) in [6, 6.07) is 8.09. The Hall–Kier alpha value is -1.39. The normalized spacial score (nSPS) is 13.2. The molecule has 1 aromatic carbocycles. The standard InChI is InChI=1S/C16H25N3O/c1-4-19(5-2)11-10-13(20)12-16-17-14-8-6-7-9-15(14)18(16)3/h6-9,13,20H,4-5,10-12H2,1-3H3. The van der Waals surface area contributed by atoms with Gasteiger partial charge < -0.3 is 14.6 Å². The van der Waals surface area contributed by atoms with Crippen LogP contribution in [-0.4, -0.2) is 45.3 Å². The van der Waals surface area contributed by atoms with Crippen LogP contribution in [0.3, 0.4) is 0 Å². The van der Waals surface area contributed by atoms with Crippen LogP contribution in [0.5, 0.6) is 0 Å². The Morgan fingerprint density at radius 1 is 1.25 bits per heavy atom. The monoisotopic (exact) mass is 275 g/mol. The molecule has 1 atom stereocenters. The number of aliphatic hydroxyl groups excluding tert-OH is 1. The van der Waals surface area contributed by atoms with E-state index in [0.717, 1.165) is 42.9 Å². The maximum Gasteiger partial charge on any atom is 0.112 e. The summed E-state index contributed by atoms with van der Waals surface area (Å²) in [5.74, 6) is 0.957. The highest BCUT2D eigenvalue weighted by Crippen LogP contribution is 2.16. The van der Waals surface area contributed by atoms with Gasteiger partial charge in [0.05, 0.1) is 17.1 Å². The smallest absolute Gasteiger partial charge is 0.112 e. The maximum absolute atomic E-state index is 10.2. The zero-order valence-corrected chi connectivity index (χ0v) is 12.7. The van der Waals surface area contributed by atoms with Gasteiger partial charge in [0.25, 0.3) is 0 Å². The Kier molecular flexibility index (Phi) is 5.15. The van der Waals surface area contributed by atoms with E-state index in [1.165, 1.54) is 0 Å². The molecule has 110 valence electrons. The van der Waals surface area contributed by atoms with Crippen molar-refractivity contribution in [3.8, 4) is 0 Å². The van der Waals surface area contributed by atoms with Crippen molar-refractivity contribution in [1.29, 1.82) is 0 Å². The van der Waals surface area contributed by atoms with Crippen LogP contribution < -0.4 is 0 Å². The number of aliphatic hydroxyl groups is 1. The zero-order chi connectivity index (χ0) is 14.5.